The number of hydrogen-bond acceptors (Lipinski definition) is 3. The molecule has 1 rings (SSSR count). The molecule has 1 aliphatic rings. The fourth-order valence-corrected chi connectivity index (χ4v) is 2.02. The summed E-state index contributed by atoms with van der Waals surface area (Å²) in [6.45, 7) is 8.19. The first-order valence-electron chi connectivity index (χ1n) is 5.33. The highest BCUT2D eigenvalue weighted by molar-refractivity contribution is 4.81. The van der Waals surface area contributed by atoms with E-state index >= 15 is 0 Å². The third kappa shape index (κ3) is 3.25. The van der Waals surface area contributed by atoms with E-state index < -0.39 is 0 Å². The zero-order valence-corrected chi connectivity index (χ0v) is 8.79. The molecule has 0 aromatic carbocycles. The first kappa shape index (κ1) is 11.0. The maximum absolute atomic E-state index is 8.70. The Balaban J connectivity index is 2.26. The van der Waals surface area contributed by atoms with Crippen LogP contribution in [0.4, 0.5) is 0 Å². The van der Waals surface area contributed by atoms with Crippen LogP contribution in [0.3, 0.4) is 0 Å². The summed E-state index contributed by atoms with van der Waals surface area (Å²) in [4.78, 5) is 2.53. The first-order valence-corrected chi connectivity index (χ1v) is 5.33. The highest BCUT2D eigenvalue weighted by Crippen LogP contribution is 2.10. The number of hydrogen-bond donors (Lipinski definition) is 2. The molecule has 0 radical (unpaired) electrons. The summed E-state index contributed by atoms with van der Waals surface area (Å²) >= 11 is 0. The van der Waals surface area contributed by atoms with Gasteiger partial charge >= 0.3 is 0 Å². The molecule has 0 saturated carbocycles. The molecule has 13 heavy (non-hydrogen) atoms. The van der Waals surface area contributed by atoms with Gasteiger partial charge < -0.3 is 10.4 Å². The predicted octanol–water partition coefficient (Wildman–Crippen LogP) is 0.441. The smallest absolute Gasteiger partial charge is 0.0431 e. The van der Waals surface area contributed by atoms with Crippen molar-refractivity contribution in [3.05, 3.63) is 0 Å². The Morgan fingerprint density at radius 1 is 1.23 bits per heavy atom. The molecule has 2 unspecified atom stereocenters. The third-order valence-corrected chi connectivity index (χ3v) is 2.84. The predicted molar refractivity (Wildman–Crippen MR) is 54.8 cm³/mol. The topological polar surface area (TPSA) is 35.5 Å². The lowest BCUT2D eigenvalue weighted by atomic mass is 10.1. The number of rotatable bonds is 4. The summed E-state index contributed by atoms with van der Waals surface area (Å²) in [5.74, 6) is 0. The minimum atomic E-state index is 0.328. The number of aliphatic hydroxyl groups excluding tert-OH is 1. The van der Waals surface area contributed by atoms with Gasteiger partial charge in [-0.1, -0.05) is 0 Å². The standard InChI is InChI=1S/C10H22N2O/c1-9-7-11-8-10(2)12(9)5-3-4-6-13/h9-11,13H,3-8H2,1-2H3. The van der Waals surface area contributed by atoms with Gasteiger partial charge in [-0.2, -0.15) is 0 Å². The molecule has 1 fully saturated rings. The second kappa shape index (κ2) is 5.58. The lowest BCUT2D eigenvalue weighted by molar-refractivity contribution is 0.112. The van der Waals surface area contributed by atoms with Gasteiger partial charge in [0.05, 0.1) is 0 Å². The molecule has 0 aliphatic carbocycles. The van der Waals surface area contributed by atoms with Crippen LogP contribution in [0.5, 0.6) is 0 Å². The fraction of sp³-hybridized carbons (Fsp3) is 1.00. The van der Waals surface area contributed by atoms with Gasteiger partial charge in [0.1, 0.15) is 0 Å². The molecular weight excluding hydrogens is 164 g/mol. The number of aliphatic hydroxyl groups is 1. The quantitative estimate of drug-likeness (QED) is 0.625. The van der Waals surface area contributed by atoms with E-state index in [1.54, 1.807) is 0 Å². The van der Waals surface area contributed by atoms with Gasteiger partial charge in [0, 0.05) is 31.8 Å². The van der Waals surface area contributed by atoms with Crippen LogP contribution in [0.25, 0.3) is 0 Å². The minimum absolute atomic E-state index is 0.328. The highest BCUT2D eigenvalue weighted by Gasteiger charge is 2.23. The average molecular weight is 186 g/mol. The molecule has 0 aromatic rings. The van der Waals surface area contributed by atoms with E-state index in [-0.39, 0.29) is 0 Å². The third-order valence-electron chi connectivity index (χ3n) is 2.84. The molecule has 3 heteroatoms. The summed E-state index contributed by atoms with van der Waals surface area (Å²) in [7, 11) is 0. The summed E-state index contributed by atoms with van der Waals surface area (Å²) in [6, 6.07) is 1.28. The Hall–Kier alpha value is -0.120. The van der Waals surface area contributed by atoms with Crippen molar-refractivity contribution in [3.63, 3.8) is 0 Å². The van der Waals surface area contributed by atoms with E-state index in [1.165, 1.54) is 0 Å². The van der Waals surface area contributed by atoms with E-state index in [1.807, 2.05) is 0 Å². The fourth-order valence-electron chi connectivity index (χ4n) is 2.02. The molecule has 0 amide bonds. The van der Waals surface area contributed by atoms with Gasteiger partial charge in [-0.05, 0) is 33.2 Å². The van der Waals surface area contributed by atoms with Gasteiger partial charge in [-0.25, -0.2) is 0 Å². The number of piperazine rings is 1. The normalized spacial score (nSPS) is 30.7. The van der Waals surface area contributed by atoms with Crippen molar-refractivity contribution in [1.82, 2.24) is 10.2 Å². The van der Waals surface area contributed by atoms with Gasteiger partial charge in [0.15, 0.2) is 0 Å². The van der Waals surface area contributed by atoms with Crippen LogP contribution in [-0.2, 0) is 0 Å². The Morgan fingerprint density at radius 3 is 2.38 bits per heavy atom. The molecule has 0 bridgehead atoms. The molecule has 2 N–H and O–H groups in total. The zero-order chi connectivity index (χ0) is 9.68. The van der Waals surface area contributed by atoms with Crippen molar-refractivity contribution < 1.29 is 5.11 Å². The molecule has 0 spiro atoms. The Bertz CT molecular complexity index is 131. The molecule has 3 nitrogen and oxygen atoms in total. The number of nitrogens with zero attached hydrogens (tertiary/aromatic N) is 1. The van der Waals surface area contributed by atoms with Crippen LogP contribution < -0.4 is 5.32 Å². The maximum atomic E-state index is 8.70. The molecule has 1 saturated heterocycles. The van der Waals surface area contributed by atoms with E-state index in [2.05, 4.69) is 24.1 Å². The van der Waals surface area contributed by atoms with E-state index in [9.17, 15) is 0 Å². The highest BCUT2D eigenvalue weighted by atomic mass is 16.2. The van der Waals surface area contributed by atoms with Crippen LogP contribution in [0.15, 0.2) is 0 Å². The lowest BCUT2D eigenvalue weighted by Gasteiger charge is -2.39. The van der Waals surface area contributed by atoms with Crippen LogP contribution in [0.2, 0.25) is 0 Å². The average Bonchev–Trinajstić information content (AvgIpc) is 2.10. The zero-order valence-electron chi connectivity index (χ0n) is 8.79. The maximum Gasteiger partial charge on any atom is 0.0431 e. The molecule has 1 aliphatic heterocycles. The molecule has 1 heterocycles. The van der Waals surface area contributed by atoms with E-state index in [4.69, 9.17) is 5.11 Å². The van der Waals surface area contributed by atoms with Crippen molar-refractivity contribution >= 4 is 0 Å². The largest absolute Gasteiger partial charge is 0.396 e. The van der Waals surface area contributed by atoms with E-state index in [0.717, 1.165) is 32.5 Å². The van der Waals surface area contributed by atoms with Crippen LogP contribution >= 0.6 is 0 Å². The number of unbranched alkanes of at least 4 members (excludes halogenated alkanes) is 1. The van der Waals surface area contributed by atoms with Crippen molar-refractivity contribution in [2.24, 2.45) is 0 Å². The minimum Gasteiger partial charge on any atom is -0.396 e. The van der Waals surface area contributed by atoms with Crippen LogP contribution in [0, 0.1) is 0 Å². The summed E-state index contributed by atoms with van der Waals surface area (Å²) in [5.41, 5.74) is 0. The summed E-state index contributed by atoms with van der Waals surface area (Å²) in [5, 5.41) is 12.1. The Labute approximate surface area is 81.1 Å². The van der Waals surface area contributed by atoms with Crippen molar-refractivity contribution in [3.8, 4) is 0 Å². The van der Waals surface area contributed by atoms with Crippen molar-refractivity contribution in [2.45, 2.75) is 38.8 Å². The monoisotopic (exact) mass is 186 g/mol. The number of nitrogens with one attached hydrogen (secondary N) is 1. The van der Waals surface area contributed by atoms with E-state index in [0.29, 0.717) is 18.7 Å². The SMILES string of the molecule is CC1CNCC(C)N1CCCCO. The van der Waals surface area contributed by atoms with Crippen LogP contribution in [0.1, 0.15) is 26.7 Å². The van der Waals surface area contributed by atoms with Gasteiger partial charge in [0.2, 0.25) is 0 Å². The van der Waals surface area contributed by atoms with Crippen molar-refractivity contribution in [1.29, 1.82) is 0 Å². The van der Waals surface area contributed by atoms with Crippen LogP contribution in [-0.4, -0.2) is 48.3 Å². The molecule has 0 aromatic heterocycles. The second-order valence-corrected chi connectivity index (χ2v) is 4.02. The molecule has 2 atom stereocenters. The van der Waals surface area contributed by atoms with Gasteiger partial charge in [0.25, 0.3) is 0 Å². The molecular formula is C10H22N2O. The summed E-state index contributed by atoms with van der Waals surface area (Å²) < 4.78 is 0. The van der Waals surface area contributed by atoms with Gasteiger partial charge in [-0.3, -0.25) is 4.90 Å². The summed E-state index contributed by atoms with van der Waals surface area (Å²) in [6.07, 6.45) is 2.05. The van der Waals surface area contributed by atoms with Gasteiger partial charge in [-0.15, -0.1) is 0 Å². The Kier molecular flexibility index (Phi) is 4.70. The lowest BCUT2D eigenvalue weighted by Crippen LogP contribution is -2.55. The van der Waals surface area contributed by atoms with Crippen molar-refractivity contribution in [2.75, 3.05) is 26.2 Å². The first-order chi connectivity index (χ1) is 6.25. The molecule has 78 valence electrons. The second-order valence-electron chi connectivity index (χ2n) is 4.02. The Morgan fingerprint density at radius 2 is 1.85 bits per heavy atom.